The highest BCUT2D eigenvalue weighted by Crippen LogP contribution is 2.28. The second-order valence-electron chi connectivity index (χ2n) is 12.0. The molecule has 0 heterocycles. The molecule has 0 aromatic heterocycles. The number of halogens is 2. The molecule has 1 N–H and O–H groups in total. The number of nitrogens with zero attached hydrogens (tertiary/aromatic N) is 2. The van der Waals surface area contributed by atoms with Gasteiger partial charge in [-0.3, -0.25) is 13.9 Å². The highest BCUT2D eigenvalue weighted by molar-refractivity contribution is 7.92. The van der Waals surface area contributed by atoms with Crippen LogP contribution < -0.4 is 9.62 Å². The van der Waals surface area contributed by atoms with E-state index in [2.05, 4.69) is 5.32 Å². The smallest absolute Gasteiger partial charge is 0.264 e. The van der Waals surface area contributed by atoms with Crippen molar-refractivity contribution in [1.29, 1.82) is 0 Å². The minimum Gasteiger partial charge on any atom is -0.352 e. The van der Waals surface area contributed by atoms with Crippen LogP contribution in [0.4, 0.5) is 10.1 Å². The minimum atomic E-state index is -4.27. The summed E-state index contributed by atoms with van der Waals surface area (Å²) in [6.45, 7) is 0.961. The molecule has 4 aromatic rings. The third kappa shape index (κ3) is 8.78. The fourth-order valence-corrected chi connectivity index (χ4v) is 7.50. The Morgan fingerprint density at radius 2 is 1.57 bits per heavy atom. The van der Waals surface area contributed by atoms with Crippen molar-refractivity contribution in [3.63, 3.8) is 0 Å². The summed E-state index contributed by atoms with van der Waals surface area (Å²) in [6, 6.07) is 26.9. The molecular weight excluding hydrogens is 637 g/mol. The molecule has 0 saturated heterocycles. The molecule has 7 nitrogen and oxygen atoms in total. The summed E-state index contributed by atoms with van der Waals surface area (Å²) in [5.74, 6) is -1.56. The minimum absolute atomic E-state index is 0.00703. The zero-order valence-electron chi connectivity index (χ0n) is 26.3. The Morgan fingerprint density at radius 3 is 2.26 bits per heavy atom. The number of anilines is 1. The molecule has 10 heteroatoms. The molecular formula is C37H39ClFN3O4S. The predicted octanol–water partition coefficient (Wildman–Crippen LogP) is 7.07. The van der Waals surface area contributed by atoms with Gasteiger partial charge in [0.1, 0.15) is 18.4 Å². The SMILES string of the molecule is Cc1ccc(S(=O)(=O)N(CC(=O)N(Cc2ccccc2F)[C@@H](Cc2ccccc2)C(=O)NC2CCCCC2)c2cccc(Cl)c2)cc1. The van der Waals surface area contributed by atoms with Crippen LogP contribution in [0.15, 0.2) is 108 Å². The molecule has 0 spiro atoms. The fraction of sp³-hybridized carbons (Fsp3) is 0.297. The summed E-state index contributed by atoms with van der Waals surface area (Å²) >= 11 is 6.29. The van der Waals surface area contributed by atoms with Gasteiger partial charge in [0.25, 0.3) is 10.0 Å². The molecule has 2 amide bonds. The lowest BCUT2D eigenvalue weighted by Crippen LogP contribution is -2.55. The maximum Gasteiger partial charge on any atom is 0.264 e. The number of amides is 2. The second kappa shape index (κ2) is 15.6. The van der Waals surface area contributed by atoms with Gasteiger partial charge >= 0.3 is 0 Å². The largest absolute Gasteiger partial charge is 0.352 e. The molecule has 0 bridgehead atoms. The normalized spacial score (nSPS) is 14.3. The molecule has 47 heavy (non-hydrogen) atoms. The van der Waals surface area contributed by atoms with E-state index >= 15 is 4.39 Å². The second-order valence-corrected chi connectivity index (χ2v) is 14.3. The van der Waals surface area contributed by atoms with Gasteiger partial charge in [0, 0.05) is 29.6 Å². The topological polar surface area (TPSA) is 86.8 Å². The Kier molecular flexibility index (Phi) is 11.3. The summed E-state index contributed by atoms with van der Waals surface area (Å²) in [6.07, 6.45) is 4.92. The molecule has 0 unspecified atom stereocenters. The number of aryl methyl sites for hydroxylation is 1. The van der Waals surface area contributed by atoms with Gasteiger partial charge in [0.15, 0.2) is 0 Å². The van der Waals surface area contributed by atoms with E-state index in [1.54, 1.807) is 48.5 Å². The first-order valence-corrected chi connectivity index (χ1v) is 17.7. The van der Waals surface area contributed by atoms with E-state index in [0.29, 0.717) is 0 Å². The van der Waals surface area contributed by atoms with E-state index < -0.39 is 34.3 Å². The number of carbonyl (C=O) groups is 2. The first kappa shape index (κ1) is 34.1. The number of carbonyl (C=O) groups excluding carboxylic acids is 2. The van der Waals surface area contributed by atoms with Crippen molar-refractivity contribution in [2.75, 3.05) is 10.8 Å². The van der Waals surface area contributed by atoms with Crippen molar-refractivity contribution in [3.8, 4) is 0 Å². The molecule has 0 aliphatic heterocycles. The summed E-state index contributed by atoms with van der Waals surface area (Å²) in [7, 11) is -4.27. The van der Waals surface area contributed by atoms with E-state index in [0.717, 1.165) is 47.5 Å². The third-order valence-electron chi connectivity index (χ3n) is 8.51. The van der Waals surface area contributed by atoms with Gasteiger partial charge in [-0.25, -0.2) is 12.8 Å². The monoisotopic (exact) mass is 675 g/mol. The lowest BCUT2D eigenvalue weighted by Gasteiger charge is -2.35. The van der Waals surface area contributed by atoms with Gasteiger partial charge in [-0.2, -0.15) is 0 Å². The molecule has 5 rings (SSSR count). The predicted molar refractivity (Wildman–Crippen MR) is 183 cm³/mol. The van der Waals surface area contributed by atoms with Crippen LogP contribution in [0, 0.1) is 12.7 Å². The lowest BCUT2D eigenvalue weighted by atomic mass is 9.94. The number of nitrogens with one attached hydrogen (secondary N) is 1. The molecule has 1 aliphatic rings. The molecule has 1 atom stereocenters. The van der Waals surface area contributed by atoms with Crippen molar-refractivity contribution in [1.82, 2.24) is 10.2 Å². The third-order valence-corrected chi connectivity index (χ3v) is 10.5. The van der Waals surface area contributed by atoms with Crippen LogP contribution in [0.1, 0.15) is 48.8 Å². The highest BCUT2D eigenvalue weighted by Gasteiger charge is 2.35. The summed E-state index contributed by atoms with van der Waals surface area (Å²) in [5, 5.41) is 3.44. The number of sulfonamides is 1. The van der Waals surface area contributed by atoms with Crippen molar-refractivity contribution in [2.24, 2.45) is 0 Å². The average molecular weight is 676 g/mol. The van der Waals surface area contributed by atoms with Gasteiger partial charge in [0.05, 0.1) is 10.6 Å². The Morgan fingerprint density at radius 1 is 0.894 bits per heavy atom. The maximum atomic E-state index is 15.1. The van der Waals surface area contributed by atoms with Crippen molar-refractivity contribution >= 4 is 39.1 Å². The Bertz CT molecular complexity index is 1780. The number of benzene rings is 4. The Balaban J connectivity index is 1.57. The van der Waals surface area contributed by atoms with Crippen LogP contribution in [0.2, 0.25) is 5.02 Å². The van der Waals surface area contributed by atoms with E-state index in [1.165, 1.54) is 29.2 Å². The van der Waals surface area contributed by atoms with Crippen LogP contribution in [0.25, 0.3) is 0 Å². The van der Waals surface area contributed by atoms with Crippen molar-refractivity contribution in [2.45, 2.75) is 69.0 Å². The average Bonchev–Trinajstić information content (AvgIpc) is 3.07. The van der Waals surface area contributed by atoms with E-state index in [9.17, 15) is 18.0 Å². The van der Waals surface area contributed by atoms with E-state index in [-0.39, 0.29) is 46.1 Å². The van der Waals surface area contributed by atoms with Crippen LogP contribution in [-0.2, 0) is 32.6 Å². The standard InChI is InChI=1S/C37H39ClFN3O4S/c1-27-19-21-33(22-20-27)47(45,46)42(32-17-10-14-30(38)24-32)26-36(43)41(25-29-13-8-9-18-34(29)39)35(23-28-11-4-2-5-12-28)37(44)40-31-15-6-3-7-16-31/h2,4-5,8-14,17-22,24,31,35H,3,6-7,15-16,23,25-26H2,1H3,(H,40,44)/t35-/m0/s1. The zero-order chi connectivity index (χ0) is 33.4. The molecule has 1 aliphatic carbocycles. The summed E-state index contributed by atoms with van der Waals surface area (Å²) < 4.78 is 44.4. The van der Waals surface area contributed by atoms with Crippen LogP contribution in [0.5, 0.6) is 0 Å². The van der Waals surface area contributed by atoms with E-state index in [1.807, 2.05) is 37.3 Å². The number of rotatable bonds is 12. The Hall–Kier alpha value is -4.21. The summed E-state index contributed by atoms with van der Waals surface area (Å²) in [4.78, 5) is 30.0. The van der Waals surface area contributed by atoms with Crippen LogP contribution >= 0.6 is 11.6 Å². The molecule has 1 saturated carbocycles. The van der Waals surface area contributed by atoms with Gasteiger partial charge in [-0.1, -0.05) is 103 Å². The molecule has 0 radical (unpaired) electrons. The van der Waals surface area contributed by atoms with Crippen molar-refractivity contribution in [3.05, 3.63) is 131 Å². The number of hydrogen-bond donors (Lipinski definition) is 1. The molecule has 1 fully saturated rings. The number of hydrogen-bond acceptors (Lipinski definition) is 4. The van der Waals surface area contributed by atoms with Crippen LogP contribution in [0.3, 0.4) is 0 Å². The highest BCUT2D eigenvalue weighted by atomic mass is 35.5. The summed E-state index contributed by atoms with van der Waals surface area (Å²) in [5.41, 5.74) is 2.07. The van der Waals surface area contributed by atoms with Crippen molar-refractivity contribution < 1.29 is 22.4 Å². The zero-order valence-corrected chi connectivity index (χ0v) is 27.9. The van der Waals surface area contributed by atoms with Gasteiger partial charge in [-0.15, -0.1) is 0 Å². The quantitative estimate of drug-likeness (QED) is 0.174. The molecule has 4 aromatic carbocycles. The first-order valence-electron chi connectivity index (χ1n) is 15.8. The fourth-order valence-electron chi connectivity index (χ4n) is 5.91. The van der Waals surface area contributed by atoms with Gasteiger partial charge in [0.2, 0.25) is 11.8 Å². The molecule has 246 valence electrons. The van der Waals surface area contributed by atoms with Crippen LogP contribution in [-0.4, -0.2) is 43.8 Å². The van der Waals surface area contributed by atoms with Gasteiger partial charge in [-0.05, 0) is 61.7 Å². The first-order chi connectivity index (χ1) is 22.6. The Labute approximate surface area is 281 Å². The lowest BCUT2D eigenvalue weighted by molar-refractivity contribution is -0.140. The van der Waals surface area contributed by atoms with E-state index in [4.69, 9.17) is 11.6 Å². The maximum absolute atomic E-state index is 15.1. The van der Waals surface area contributed by atoms with Gasteiger partial charge < -0.3 is 10.2 Å².